The molecule has 1 aromatic rings. The van der Waals surface area contributed by atoms with Crippen LogP contribution in [0.5, 0.6) is 0 Å². The molecule has 0 aromatic heterocycles. The van der Waals surface area contributed by atoms with Crippen LogP contribution in [0, 0.1) is 0 Å². The molecule has 4 heteroatoms. The van der Waals surface area contributed by atoms with Crippen molar-refractivity contribution in [1.29, 1.82) is 0 Å². The Morgan fingerprint density at radius 2 is 2.12 bits per heavy atom. The van der Waals surface area contributed by atoms with Gasteiger partial charge in [-0.2, -0.15) is 0 Å². The van der Waals surface area contributed by atoms with Gasteiger partial charge in [0, 0.05) is 19.6 Å². The van der Waals surface area contributed by atoms with Crippen molar-refractivity contribution in [2.45, 2.75) is 25.7 Å². The van der Waals surface area contributed by atoms with Gasteiger partial charge in [0.15, 0.2) is 6.10 Å². The summed E-state index contributed by atoms with van der Waals surface area (Å²) in [5, 5.41) is 8.99. The highest BCUT2D eigenvalue weighted by Gasteiger charge is 2.29. The molecule has 1 aliphatic rings. The number of ether oxygens (including phenoxy) is 1. The van der Waals surface area contributed by atoms with Gasteiger partial charge in [-0.1, -0.05) is 30.3 Å². The fourth-order valence-electron chi connectivity index (χ4n) is 2.15. The molecule has 1 aliphatic heterocycles. The van der Waals surface area contributed by atoms with Gasteiger partial charge in [-0.15, -0.1) is 0 Å². The summed E-state index contributed by atoms with van der Waals surface area (Å²) in [6.45, 7) is 3.92. The molecular weight excluding hydrogens is 218 g/mol. The summed E-state index contributed by atoms with van der Waals surface area (Å²) < 4.78 is 5.37. The summed E-state index contributed by atoms with van der Waals surface area (Å²) in [4.78, 5) is 13.1. The second-order valence-electron chi connectivity index (χ2n) is 4.45. The smallest absolute Gasteiger partial charge is 0.334 e. The van der Waals surface area contributed by atoms with Gasteiger partial charge in [-0.25, -0.2) is 4.79 Å². The van der Waals surface area contributed by atoms with Crippen LogP contribution in [0.2, 0.25) is 0 Å². The van der Waals surface area contributed by atoms with E-state index in [9.17, 15) is 4.79 Å². The van der Waals surface area contributed by atoms with Gasteiger partial charge in [-0.05, 0) is 12.5 Å². The first-order chi connectivity index (χ1) is 8.15. The van der Waals surface area contributed by atoms with E-state index in [0.717, 1.165) is 13.1 Å². The molecule has 1 saturated heterocycles. The van der Waals surface area contributed by atoms with Gasteiger partial charge in [-0.3, -0.25) is 4.90 Å². The highest BCUT2D eigenvalue weighted by atomic mass is 16.5. The average molecular weight is 235 g/mol. The predicted molar refractivity (Wildman–Crippen MR) is 63.7 cm³/mol. The minimum absolute atomic E-state index is 0.0337. The molecule has 92 valence electrons. The molecule has 17 heavy (non-hydrogen) atoms. The number of carboxylic acid groups (broad SMARTS) is 1. The summed E-state index contributed by atoms with van der Waals surface area (Å²) in [7, 11) is 0. The van der Waals surface area contributed by atoms with Crippen molar-refractivity contribution in [2.75, 3.05) is 13.1 Å². The summed E-state index contributed by atoms with van der Waals surface area (Å²) in [5.74, 6) is -0.880. The molecule has 4 nitrogen and oxygen atoms in total. The first-order valence-electron chi connectivity index (χ1n) is 5.79. The minimum atomic E-state index is -0.880. The van der Waals surface area contributed by atoms with E-state index in [4.69, 9.17) is 9.84 Å². The largest absolute Gasteiger partial charge is 0.479 e. The van der Waals surface area contributed by atoms with Gasteiger partial charge in [0.25, 0.3) is 0 Å². The Bertz CT molecular complexity index is 380. The molecule has 0 radical (unpaired) electrons. The predicted octanol–water partition coefficient (Wildman–Crippen LogP) is 1.36. The van der Waals surface area contributed by atoms with Crippen LogP contribution in [-0.2, 0) is 16.1 Å². The van der Waals surface area contributed by atoms with Gasteiger partial charge in [0.2, 0.25) is 0 Å². The fraction of sp³-hybridized carbons (Fsp3) is 0.462. The number of carbonyl (C=O) groups is 1. The van der Waals surface area contributed by atoms with Crippen LogP contribution in [0.15, 0.2) is 30.3 Å². The molecule has 0 aliphatic carbocycles. The Hall–Kier alpha value is -1.39. The zero-order valence-corrected chi connectivity index (χ0v) is 9.87. The maximum Gasteiger partial charge on any atom is 0.334 e. The average Bonchev–Trinajstić information content (AvgIpc) is 2.29. The lowest BCUT2D eigenvalue weighted by Gasteiger charge is -2.34. The summed E-state index contributed by atoms with van der Waals surface area (Å²) in [5.41, 5.74) is 1.20. The summed E-state index contributed by atoms with van der Waals surface area (Å²) in [6.07, 6.45) is -0.740. The highest BCUT2D eigenvalue weighted by Crippen LogP contribution is 2.14. The van der Waals surface area contributed by atoms with Crippen LogP contribution in [0.4, 0.5) is 0 Å². The third-order valence-corrected chi connectivity index (χ3v) is 2.86. The summed E-state index contributed by atoms with van der Waals surface area (Å²) in [6, 6.07) is 10.1. The van der Waals surface area contributed by atoms with Crippen molar-refractivity contribution in [3.05, 3.63) is 35.9 Å². The fourth-order valence-corrected chi connectivity index (χ4v) is 2.15. The first kappa shape index (κ1) is 12.1. The molecule has 1 aromatic carbocycles. The van der Waals surface area contributed by atoms with Crippen molar-refractivity contribution in [2.24, 2.45) is 0 Å². The molecule has 1 fully saturated rings. The van der Waals surface area contributed by atoms with Crippen molar-refractivity contribution in [3.8, 4) is 0 Å². The van der Waals surface area contributed by atoms with E-state index >= 15 is 0 Å². The molecular formula is C13H17NO3. The lowest BCUT2D eigenvalue weighted by molar-refractivity contribution is -0.163. The van der Waals surface area contributed by atoms with Gasteiger partial charge < -0.3 is 9.84 Å². The number of benzene rings is 1. The van der Waals surface area contributed by atoms with Crippen LogP contribution in [0.1, 0.15) is 12.5 Å². The van der Waals surface area contributed by atoms with E-state index < -0.39 is 12.1 Å². The van der Waals surface area contributed by atoms with Crippen molar-refractivity contribution in [1.82, 2.24) is 4.90 Å². The molecule has 1 heterocycles. The Labute approximate surface area is 101 Å². The molecule has 2 atom stereocenters. The standard InChI is InChI=1S/C13H17NO3/c1-10-7-14(9-12(17-10)13(15)16)8-11-5-3-2-4-6-11/h2-6,10,12H,7-9H2,1H3,(H,15,16)/t10-,12?/m0/s1. The van der Waals surface area contributed by atoms with E-state index in [2.05, 4.69) is 17.0 Å². The number of morpholine rings is 1. The van der Waals surface area contributed by atoms with Crippen molar-refractivity contribution in [3.63, 3.8) is 0 Å². The minimum Gasteiger partial charge on any atom is -0.479 e. The number of hydrogen-bond acceptors (Lipinski definition) is 3. The molecule has 0 amide bonds. The molecule has 2 rings (SSSR count). The Kier molecular flexibility index (Phi) is 3.76. The van der Waals surface area contributed by atoms with Gasteiger partial charge in [0.05, 0.1) is 6.10 Å². The number of aliphatic carboxylic acids is 1. The Balaban J connectivity index is 1.99. The van der Waals surface area contributed by atoms with Crippen molar-refractivity contribution < 1.29 is 14.6 Å². The quantitative estimate of drug-likeness (QED) is 0.859. The second-order valence-corrected chi connectivity index (χ2v) is 4.45. The van der Waals surface area contributed by atoms with Crippen LogP contribution in [0.25, 0.3) is 0 Å². The Morgan fingerprint density at radius 1 is 1.41 bits per heavy atom. The summed E-state index contributed by atoms with van der Waals surface area (Å²) >= 11 is 0. The van der Waals surface area contributed by atoms with E-state index in [0.29, 0.717) is 6.54 Å². The zero-order valence-electron chi connectivity index (χ0n) is 9.87. The van der Waals surface area contributed by atoms with Crippen LogP contribution in [0.3, 0.4) is 0 Å². The van der Waals surface area contributed by atoms with Crippen LogP contribution in [-0.4, -0.2) is 41.3 Å². The van der Waals surface area contributed by atoms with E-state index in [-0.39, 0.29) is 6.10 Å². The third kappa shape index (κ3) is 3.28. The van der Waals surface area contributed by atoms with Crippen molar-refractivity contribution >= 4 is 5.97 Å². The maximum absolute atomic E-state index is 10.9. The monoisotopic (exact) mass is 235 g/mol. The highest BCUT2D eigenvalue weighted by molar-refractivity contribution is 5.72. The number of nitrogens with zero attached hydrogens (tertiary/aromatic N) is 1. The normalized spacial score (nSPS) is 25.7. The van der Waals surface area contributed by atoms with Crippen LogP contribution < -0.4 is 0 Å². The van der Waals surface area contributed by atoms with E-state index in [1.165, 1.54) is 5.56 Å². The molecule has 0 bridgehead atoms. The topological polar surface area (TPSA) is 49.8 Å². The van der Waals surface area contributed by atoms with E-state index in [1.807, 2.05) is 25.1 Å². The molecule has 1 N–H and O–H groups in total. The van der Waals surface area contributed by atoms with Gasteiger partial charge in [0.1, 0.15) is 0 Å². The third-order valence-electron chi connectivity index (χ3n) is 2.86. The second kappa shape index (κ2) is 5.29. The Morgan fingerprint density at radius 3 is 2.76 bits per heavy atom. The van der Waals surface area contributed by atoms with Gasteiger partial charge >= 0.3 is 5.97 Å². The molecule has 0 spiro atoms. The number of rotatable bonds is 3. The maximum atomic E-state index is 10.9. The number of carboxylic acids is 1. The zero-order chi connectivity index (χ0) is 12.3. The molecule has 1 unspecified atom stereocenters. The molecule has 0 saturated carbocycles. The number of hydrogen-bond donors (Lipinski definition) is 1. The van der Waals surface area contributed by atoms with E-state index in [1.54, 1.807) is 0 Å². The SMILES string of the molecule is C[C@H]1CN(Cc2ccccc2)CC(C(=O)O)O1. The lowest BCUT2D eigenvalue weighted by atomic mass is 10.1. The van der Waals surface area contributed by atoms with Crippen LogP contribution >= 0.6 is 0 Å². The lowest BCUT2D eigenvalue weighted by Crippen LogP contribution is -2.49. The first-order valence-corrected chi connectivity index (χ1v) is 5.79.